The van der Waals surface area contributed by atoms with Crippen molar-refractivity contribution in [1.29, 1.82) is 0 Å². The zero-order valence-corrected chi connectivity index (χ0v) is 9.98. The minimum absolute atomic E-state index is 0.889. The van der Waals surface area contributed by atoms with Crippen LogP contribution in [-0.4, -0.2) is 41.4 Å². The number of hydrazine groups is 1. The molecule has 2 aromatic rings. The summed E-state index contributed by atoms with van der Waals surface area (Å²) in [4.78, 5) is 2.29. The van der Waals surface area contributed by atoms with E-state index in [-0.39, 0.29) is 0 Å². The van der Waals surface area contributed by atoms with Crippen LogP contribution in [-0.2, 0) is 0 Å². The predicted octanol–water partition coefficient (Wildman–Crippen LogP) is 0.867. The first kappa shape index (κ1) is 10.6. The van der Waals surface area contributed by atoms with E-state index in [9.17, 15) is 0 Å². The van der Waals surface area contributed by atoms with Crippen LogP contribution in [0.2, 0.25) is 0 Å². The molecule has 1 aliphatic rings. The molecule has 17 heavy (non-hydrogen) atoms. The fourth-order valence-corrected chi connectivity index (χ4v) is 2.35. The van der Waals surface area contributed by atoms with Crippen molar-refractivity contribution in [2.45, 2.75) is 6.92 Å². The summed E-state index contributed by atoms with van der Waals surface area (Å²) >= 11 is 0. The molecule has 5 nitrogen and oxygen atoms in total. The van der Waals surface area contributed by atoms with Crippen LogP contribution in [0.4, 0.5) is 5.82 Å². The number of piperazine rings is 1. The third-order valence-electron chi connectivity index (χ3n) is 3.40. The molecular weight excluding hydrogens is 214 g/mol. The van der Waals surface area contributed by atoms with Gasteiger partial charge >= 0.3 is 0 Å². The Labute approximate surface area is 100 Å². The van der Waals surface area contributed by atoms with E-state index in [1.54, 1.807) is 0 Å². The fourth-order valence-electron chi connectivity index (χ4n) is 2.35. The molecule has 0 aliphatic carbocycles. The minimum atomic E-state index is 0.889. The van der Waals surface area contributed by atoms with Gasteiger partial charge in [-0.3, -0.25) is 10.9 Å². The number of para-hydroxylation sites is 1. The van der Waals surface area contributed by atoms with Crippen molar-refractivity contribution in [2.75, 3.05) is 31.1 Å². The van der Waals surface area contributed by atoms with Gasteiger partial charge < -0.3 is 4.90 Å². The summed E-state index contributed by atoms with van der Waals surface area (Å²) in [5.41, 5.74) is 2.37. The number of nitrogens with zero attached hydrogens (tertiary/aromatic N) is 3. The number of aryl methyl sites for hydroxylation is 1. The number of hydrogen-bond acceptors (Lipinski definition) is 4. The molecule has 90 valence electrons. The highest BCUT2D eigenvalue weighted by Crippen LogP contribution is 2.26. The Hall–Kier alpha value is -1.59. The third kappa shape index (κ3) is 1.77. The van der Waals surface area contributed by atoms with Crippen molar-refractivity contribution in [2.24, 2.45) is 5.84 Å². The quantitative estimate of drug-likeness (QED) is 0.715. The van der Waals surface area contributed by atoms with Gasteiger partial charge in [0.15, 0.2) is 5.82 Å². The highest BCUT2D eigenvalue weighted by atomic mass is 15.4. The van der Waals surface area contributed by atoms with Gasteiger partial charge in [0.2, 0.25) is 0 Å². The lowest BCUT2D eigenvalue weighted by Gasteiger charge is -2.32. The highest BCUT2D eigenvalue weighted by molar-refractivity contribution is 5.92. The van der Waals surface area contributed by atoms with E-state index in [4.69, 9.17) is 5.84 Å². The Balaban J connectivity index is 1.98. The summed E-state index contributed by atoms with van der Waals surface area (Å²) < 4.78 is 0. The van der Waals surface area contributed by atoms with Crippen molar-refractivity contribution in [3.8, 4) is 0 Å². The summed E-state index contributed by atoms with van der Waals surface area (Å²) in [6.45, 7) is 5.75. The molecule has 1 aromatic heterocycles. The standard InChI is InChI=1S/C12H17N5/c1-9-3-2-4-10-11(9)14-15-12(10)16-5-7-17(13)8-6-16/h2-4H,5-8,13H2,1H3,(H,14,15). The average Bonchev–Trinajstić information content (AvgIpc) is 2.75. The molecule has 0 unspecified atom stereocenters. The number of hydrogen-bond donors (Lipinski definition) is 2. The van der Waals surface area contributed by atoms with Gasteiger partial charge in [-0.1, -0.05) is 12.1 Å². The molecule has 0 amide bonds. The molecule has 1 aromatic carbocycles. The Kier molecular flexibility index (Phi) is 2.49. The zero-order valence-electron chi connectivity index (χ0n) is 9.98. The molecule has 1 saturated heterocycles. The maximum atomic E-state index is 5.77. The number of fused-ring (bicyclic) bond motifs is 1. The van der Waals surface area contributed by atoms with Crippen molar-refractivity contribution >= 4 is 16.7 Å². The van der Waals surface area contributed by atoms with E-state index < -0.39 is 0 Å². The molecule has 5 heteroatoms. The minimum Gasteiger partial charge on any atom is -0.352 e. The van der Waals surface area contributed by atoms with Crippen molar-refractivity contribution in [3.05, 3.63) is 23.8 Å². The molecule has 0 radical (unpaired) electrons. The van der Waals surface area contributed by atoms with Crippen LogP contribution >= 0.6 is 0 Å². The Bertz CT molecular complexity index is 525. The van der Waals surface area contributed by atoms with Crippen LogP contribution in [0.15, 0.2) is 18.2 Å². The Morgan fingerprint density at radius 1 is 1.24 bits per heavy atom. The monoisotopic (exact) mass is 231 g/mol. The molecule has 0 saturated carbocycles. The Morgan fingerprint density at radius 2 is 2.00 bits per heavy atom. The van der Waals surface area contributed by atoms with E-state index in [1.807, 2.05) is 5.01 Å². The Morgan fingerprint density at radius 3 is 2.76 bits per heavy atom. The summed E-state index contributed by atoms with van der Waals surface area (Å²) in [6.07, 6.45) is 0. The van der Waals surface area contributed by atoms with E-state index in [2.05, 4.69) is 40.2 Å². The number of benzene rings is 1. The smallest absolute Gasteiger partial charge is 0.158 e. The number of anilines is 1. The second-order valence-corrected chi connectivity index (χ2v) is 4.57. The second-order valence-electron chi connectivity index (χ2n) is 4.57. The maximum Gasteiger partial charge on any atom is 0.158 e. The summed E-state index contributed by atoms with van der Waals surface area (Å²) in [7, 11) is 0. The van der Waals surface area contributed by atoms with Gasteiger partial charge in [-0.2, -0.15) is 5.10 Å². The van der Waals surface area contributed by atoms with Gasteiger partial charge in [0, 0.05) is 31.6 Å². The first-order valence-corrected chi connectivity index (χ1v) is 5.94. The van der Waals surface area contributed by atoms with Crippen LogP contribution < -0.4 is 10.7 Å². The average molecular weight is 231 g/mol. The molecule has 1 aliphatic heterocycles. The molecule has 0 bridgehead atoms. The normalized spacial score (nSPS) is 17.9. The van der Waals surface area contributed by atoms with Crippen LogP contribution in [0, 0.1) is 6.92 Å². The number of nitrogens with two attached hydrogens (primary N) is 1. The largest absolute Gasteiger partial charge is 0.352 e. The lowest BCUT2D eigenvalue weighted by atomic mass is 10.1. The number of aromatic nitrogens is 2. The van der Waals surface area contributed by atoms with E-state index in [0.29, 0.717) is 0 Å². The van der Waals surface area contributed by atoms with Gasteiger partial charge in [0.25, 0.3) is 0 Å². The molecule has 3 rings (SSSR count). The SMILES string of the molecule is Cc1cccc2c(N3CCN(N)CC3)n[nH]c12. The van der Waals surface area contributed by atoms with Gasteiger partial charge in [0.05, 0.1) is 5.52 Å². The van der Waals surface area contributed by atoms with Crippen LogP contribution in [0.1, 0.15) is 5.56 Å². The summed E-state index contributed by atoms with van der Waals surface area (Å²) in [5.74, 6) is 6.82. The maximum absolute atomic E-state index is 5.77. The first-order chi connectivity index (χ1) is 8.25. The molecular formula is C12H17N5. The molecule has 2 heterocycles. The summed E-state index contributed by atoms with van der Waals surface area (Å²) in [6, 6.07) is 6.30. The lowest BCUT2D eigenvalue weighted by molar-refractivity contribution is 0.265. The molecule has 0 atom stereocenters. The highest BCUT2D eigenvalue weighted by Gasteiger charge is 2.19. The van der Waals surface area contributed by atoms with Gasteiger partial charge in [0.1, 0.15) is 0 Å². The molecule has 3 N–H and O–H groups in total. The van der Waals surface area contributed by atoms with Crippen molar-refractivity contribution < 1.29 is 0 Å². The predicted molar refractivity (Wildman–Crippen MR) is 68.8 cm³/mol. The van der Waals surface area contributed by atoms with Crippen LogP contribution in [0.3, 0.4) is 0 Å². The van der Waals surface area contributed by atoms with Gasteiger partial charge in [-0.15, -0.1) is 0 Å². The number of rotatable bonds is 1. The van der Waals surface area contributed by atoms with Crippen molar-refractivity contribution in [3.63, 3.8) is 0 Å². The number of H-pyrrole nitrogens is 1. The lowest BCUT2D eigenvalue weighted by Crippen LogP contribution is -2.49. The fraction of sp³-hybridized carbons (Fsp3) is 0.417. The zero-order chi connectivity index (χ0) is 11.8. The number of aromatic amines is 1. The van der Waals surface area contributed by atoms with E-state index >= 15 is 0 Å². The third-order valence-corrected chi connectivity index (χ3v) is 3.40. The van der Waals surface area contributed by atoms with Gasteiger partial charge in [-0.25, -0.2) is 5.01 Å². The van der Waals surface area contributed by atoms with Crippen LogP contribution in [0.5, 0.6) is 0 Å². The summed E-state index contributed by atoms with van der Waals surface area (Å²) in [5, 5.41) is 10.6. The van der Waals surface area contributed by atoms with E-state index in [0.717, 1.165) is 37.5 Å². The first-order valence-electron chi connectivity index (χ1n) is 5.94. The topological polar surface area (TPSA) is 61.2 Å². The van der Waals surface area contributed by atoms with Crippen molar-refractivity contribution in [1.82, 2.24) is 15.2 Å². The number of nitrogens with one attached hydrogen (secondary N) is 1. The molecule has 0 spiro atoms. The van der Waals surface area contributed by atoms with E-state index in [1.165, 1.54) is 10.9 Å². The molecule has 1 fully saturated rings. The van der Waals surface area contributed by atoms with Gasteiger partial charge in [-0.05, 0) is 18.6 Å². The van der Waals surface area contributed by atoms with Crippen LogP contribution in [0.25, 0.3) is 10.9 Å². The second kappa shape index (κ2) is 4.01.